The van der Waals surface area contributed by atoms with Crippen molar-refractivity contribution in [2.45, 2.75) is 77.7 Å². The van der Waals surface area contributed by atoms with Gasteiger partial charge in [0.15, 0.2) is 0 Å². The number of nitrogens with zero attached hydrogens (tertiary/aromatic N) is 1. The van der Waals surface area contributed by atoms with E-state index in [1.54, 1.807) is 0 Å². The molecule has 0 aliphatic carbocycles. The highest BCUT2D eigenvalue weighted by Gasteiger charge is 2.36. The highest BCUT2D eigenvalue weighted by molar-refractivity contribution is 5.96. The number of likely N-dealkylation sites (N-methyl/N-ethyl adjacent to an activating group) is 1. The fourth-order valence-electron chi connectivity index (χ4n) is 3.30. The van der Waals surface area contributed by atoms with Gasteiger partial charge in [0.05, 0.1) is 0 Å². The van der Waals surface area contributed by atoms with Crippen LogP contribution < -0.4 is 26.6 Å². The fraction of sp³-hybridized carbons (Fsp3) is 0.700. The summed E-state index contributed by atoms with van der Waals surface area (Å²) in [6, 6.07) is -4.19. The Hall–Kier alpha value is -3.18. The third-order valence-corrected chi connectivity index (χ3v) is 5.13. The van der Waals surface area contributed by atoms with Crippen LogP contribution in [0, 0.1) is 0 Å². The average Bonchev–Trinajstić information content (AvgIpc) is 3.21. The molecule has 0 aromatic carbocycles. The first-order valence-corrected chi connectivity index (χ1v) is 10.6. The second kappa shape index (κ2) is 12.0. The van der Waals surface area contributed by atoms with E-state index in [0.29, 0.717) is 19.4 Å². The third kappa shape index (κ3) is 7.50. The topological polar surface area (TPSA) is 166 Å². The lowest BCUT2D eigenvalue weighted by Crippen LogP contribution is -2.57. The van der Waals surface area contributed by atoms with Gasteiger partial charge >= 0.3 is 0 Å². The summed E-state index contributed by atoms with van der Waals surface area (Å²) in [6.07, 6.45) is 1.25. The largest absolute Gasteiger partial charge is 0.357 e. The Bertz CT molecular complexity index is 757. The highest BCUT2D eigenvalue weighted by Crippen LogP contribution is 2.18. The summed E-state index contributed by atoms with van der Waals surface area (Å²) in [6.45, 7) is 7.58. The molecular formula is C20H34N6O6. The molecule has 12 heteroatoms. The number of likely N-dealkylation sites (tertiary alicyclic amines) is 1. The maximum Gasteiger partial charge on any atom is 0.245 e. The molecule has 0 unspecified atom stereocenters. The van der Waals surface area contributed by atoms with Gasteiger partial charge in [0, 0.05) is 20.5 Å². The maximum absolute atomic E-state index is 12.7. The molecular weight excluding hydrogens is 420 g/mol. The van der Waals surface area contributed by atoms with Crippen LogP contribution in [0.3, 0.4) is 0 Å². The smallest absolute Gasteiger partial charge is 0.245 e. The lowest BCUT2D eigenvalue weighted by molar-refractivity contribution is -0.141. The molecule has 0 radical (unpaired) electrons. The summed E-state index contributed by atoms with van der Waals surface area (Å²) in [7, 11) is 1.50. The number of nitrogens with one attached hydrogen (secondary N) is 5. The molecule has 5 atom stereocenters. The van der Waals surface area contributed by atoms with E-state index in [0.717, 1.165) is 0 Å². The molecule has 0 aromatic rings. The monoisotopic (exact) mass is 454 g/mol. The molecule has 0 spiro atoms. The average molecular weight is 455 g/mol. The van der Waals surface area contributed by atoms with Gasteiger partial charge in [-0.15, -0.1) is 0 Å². The summed E-state index contributed by atoms with van der Waals surface area (Å²) >= 11 is 0. The molecule has 1 heterocycles. The second-order valence-electron chi connectivity index (χ2n) is 7.92. The summed E-state index contributed by atoms with van der Waals surface area (Å²) in [5, 5.41) is 12.4. The van der Waals surface area contributed by atoms with Gasteiger partial charge in [-0.3, -0.25) is 28.8 Å². The molecule has 0 saturated carbocycles. The predicted molar refractivity (Wildman–Crippen MR) is 115 cm³/mol. The minimum absolute atomic E-state index is 0.251. The van der Waals surface area contributed by atoms with E-state index in [9.17, 15) is 28.8 Å². The normalized spacial score (nSPS) is 19.1. The molecule has 0 aromatic heterocycles. The van der Waals surface area contributed by atoms with Crippen molar-refractivity contribution < 1.29 is 28.8 Å². The van der Waals surface area contributed by atoms with Crippen molar-refractivity contribution in [1.29, 1.82) is 0 Å². The Balaban J connectivity index is 2.57. The number of rotatable bonds is 9. The van der Waals surface area contributed by atoms with Crippen molar-refractivity contribution in [2.24, 2.45) is 0 Å². The van der Waals surface area contributed by atoms with Crippen molar-refractivity contribution in [1.82, 2.24) is 31.5 Å². The molecule has 1 fully saturated rings. The van der Waals surface area contributed by atoms with Crippen molar-refractivity contribution >= 4 is 35.4 Å². The molecule has 5 N–H and O–H groups in total. The summed E-state index contributed by atoms with van der Waals surface area (Å²) in [5.74, 6) is -2.74. The molecule has 32 heavy (non-hydrogen) atoms. The van der Waals surface area contributed by atoms with Crippen molar-refractivity contribution in [3.05, 3.63) is 0 Å². The predicted octanol–water partition coefficient (Wildman–Crippen LogP) is -2.24. The van der Waals surface area contributed by atoms with Gasteiger partial charge in [-0.2, -0.15) is 0 Å². The second-order valence-corrected chi connectivity index (χ2v) is 7.92. The Morgan fingerprint density at radius 1 is 0.750 bits per heavy atom. The number of amides is 6. The van der Waals surface area contributed by atoms with Crippen LogP contribution in [0.5, 0.6) is 0 Å². The van der Waals surface area contributed by atoms with Crippen LogP contribution >= 0.6 is 0 Å². The Morgan fingerprint density at radius 2 is 1.19 bits per heavy atom. The Labute approximate surface area is 187 Å². The van der Waals surface area contributed by atoms with E-state index >= 15 is 0 Å². The van der Waals surface area contributed by atoms with Crippen LogP contribution in [-0.4, -0.2) is 84.1 Å². The summed E-state index contributed by atoms with van der Waals surface area (Å²) in [4.78, 5) is 73.9. The van der Waals surface area contributed by atoms with Crippen LogP contribution in [0.15, 0.2) is 0 Å². The van der Waals surface area contributed by atoms with Crippen LogP contribution in [0.4, 0.5) is 0 Å². The first kappa shape index (κ1) is 26.9. The SMILES string of the molecule is CNC(=O)[C@@H]1CCCN1C(=O)[C@H](C)NC(=O)[C@H](C)NC(=O)[C@H](C)NC(=O)[C@H](C)NC(C)=O. The van der Waals surface area contributed by atoms with Gasteiger partial charge in [-0.1, -0.05) is 0 Å². The standard InChI is InChI=1S/C20H34N6O6/c1-10(22-14(5)27)16(28)23-11(2)17(29)24-12(3)18(30)25-13(4)20(32)26-9-7-8-15(26)19(31)21-6/h10-13,15H,7-9H2,1-6H3,(H,21,31)(H,22,27)(H,23,28)(H,24,29)(H,25,30)/t10-,11-,12-,13-,15-/m0/s1. The first-order valence-electron chi connectivity index (χ1n) is 10.6. The summed E-state index contributed by atoms with van der Waals surface area (Å²) < 4.78 is 0. The molecule has 1 saturated heterocycles. The summed E-state index contributed by atoms with van der Waals surface area (Å²) in [5.41, 5.74) is 0. The number of carbonyl (C=O) groups is 6. The number of hydrogen-bond donors (Lipinski definition) is 5. The van der Waals surface area contributed by atoms with Gasteiger partial charge in [-0.05, 0) is 40.5 Å². The molecule has 6 amide bonds. The minimum atomic E-state index is -0.974. The Morgan fingerprint density at radius 3 is 1.62 bits per heavy atom. The van der Waals surface area contributed by atoms with Crippen LogP contribution in [0.1, 0.15) is 47.5 Å². The zero-order chi connectivity index (χ0) is 24.6. The molecule has 0 bridgehead atoms. The van der Waals surface area contributed by atoms with E-state index in [4.69, 9.17) is 0 Å². The van der Waals surface area contributed by atoms with Crippen LogP contribution in [0.25, 0.3) is 0 Å². The highest BCUT2D eigenvalue weighted by atomic mass is 16.2. The van der Waals surface area contributed by atoms with Gasteiger partial charge in [-0.25, -0.2) is 0 Å². The molecule has 1 aliphatic heterocycles. The number of carbonyl (C=O) groups excluding carboxylic acids is 6. The molecule has 1 aliphatic rings. The molecule has 12 nitrogen and oxygen atoms in total. The van der Waals surface area contributed by atoms with E-state index in [-0.39, 0.29) is 17.7 Å². The van der Waals surface area contributed by atoms with Crippen molar-refractivity contribution in [3.8, 4) is 0 Å². The van der Waals surface area contributed by atoms with Gasteiger partial charge in [0.2, 0.25) is 35.4 Å². The van der Waals surface area contributed by atoms with Gasteiger partial charge < -0.3 is 31.5 Å². The van der Waals surface area contributed by atoms with Gasteiger partial charge in [0.25, 0.3) is 0 Å². The quantitative estimate of drug-likeness (QED) is 0.264. The lowest BCUT2D eigenvalue weighted by atomic mass is 10.2. The molecule has 180 valence electrons. The van der Waals surface area contributed by atoms with Crippen LogP contribution in [0.2, 0.25) is 0 Å². The van der Waals surface area contributed by atoms with Gasteiger partial charge in [0.1, 0.15) is 30.2 Å². The van der Waals surface area contributed by atoms with Crippen LogP contribution in [-0.2, 0) is 28.8 Å². The fourth-order valence-corrected chi connectivity index (χ4v) is 3.30. The van der Waals surface area contributed by atoms with E-state index < -0.39 is 47.9 Å². The third-order valence-electron chi connectivity index (χ3n) is 5.13. The zero-order valence-corrected chi connectivity index (χ0v) is 19.4. The number of hydrogen-bond acceptors (Lipinski definition) is 6. The van der Waals surface area contributed by atoms with E-state index in [2.05, 4.69) is 26.6 Å². The minimum Gasteiger partial charge on any atom is -0.357 e. The first-order chi connectivity index (χ1) is 14.9. The van der Waals surface area contributed by atoms with E-state index in [1.165, 1.54) is 46.6 Å². The lowest BCUT2D eigenvalue weighted by Gasteiger charge is -2.27. The Kier molecular flexibility index (Phi) is 10.1. The molecule has 1 rings (SSSR count). The van der Waals surface area contributed by atoms with E-state index in [1.807, 2.05) is 0 Å². The van der Waals surface area contributed by atoms with Crippen molar-refractivity contribution in [2.75, 3.05) is 13.6 Å². The van der Waals surface area contributed by atoms with Crippen molar-refractivity contribution in [3.63, 3.8) is 0 Å². The maximum atomic E-state index is 12.7. The zero-order valence-electron chi connectivity index (χ0n) is 19.4.